The van der Waals surface area contributed by atoms with Crippen molar-refractivity contribution in [3.05, 3.63) is 15.6 Å². The first-order valence-corrected chi connectivity index (χ1v) is 6.64. The second-order valence-corrected chi connectivity index (χ2v) is 5.64. The Kier molecular flexibility index (Phi) is 3.57. The highest BCUT2D eigenvalue weighted by Crippen LogP contribution is 2.19. The number of nitrogens with zero attached hydrogens (tertiary/aromatic N) is 1. The summed E-state index contributed by atoms with van der Waals surface area (Å²) < 4.78 is 0. The van der Waals surface area contributed by atoms with Crippen LogP contribution in [0.5, 0.6) is 0 Å². The van der Waals surface area contributed by atoms with Crippen LogP contribution in [0.3, 0.4) is 0 Å². The predicted octanol–water partition coefficient (Wildman–Crippen LogP) is 2.00. The summed E-state index contributed by atoms with van der Waals surface area (Å²) in [5, 5.41) is 3.90. The maximum atomic E-state index is 12.0. The standard InChI is InChI=1S/C12H16N2O2S/c1-7-11(17-8(2)13-7)12(16)14-9-3-5-10(15)6-4-9/h9H,3-6H2,1-2H3,(H,14,16). The van der Waals surface area contributed by atoms with E-state index in [-0.39, 0.29) is 11.9 Å². The molecule has 0 atom stereocenters. The van der Waals surface area contributed by atoms with Gasteiger partial charge in [-0.05, 0) is 26.7 Å². The lowest BCUT2D eigenvalue weighted by Gasteiger charge is -2.21. The summed E-state index contributed by atoms with van der Waals surface area (Å²) in [4.78, 5) is 28.0. The second kappa shape index (κ2) is 4.96. The zero-order valence-electron chi connectivity index (χ0n) is 10.1. The zero-order chi connectivity index (χ0) is 12.4. The molecule has 92 valence electrons. The number of carbonyl (C=O) groups is 2. The molecule has 1 aromatic rings. The number of hydrogen-bond donors (Lipinski definition) is 1. The van der Waals surface area contributed by atoms with Crippen LogP contribution in [0.15, 0.2) is 0 Å². The number of hydrogen-bond acceptors (Lipinski definition) is 4. The van der Waals surface area contributed by atoms with E-state index in [2.05, 4.69) is 10.3 Å². The van der Waals surface area contributed by atoms with Gasteiger partial charge in [0.05, 0.1) is 10.7 Å². The van der Waals surface area contributed by atoms with Crippen LogP contribution in [0, 0.1) is 13.8 Å². The minimum Gasteiger partial charge on any atom is -0.349 e. The van der Waals surface area contributed by atoms with E-state index >= 15 is 0 Å². The summed E-state index contributed by atoms with van der Waals surface area (Å²) in [6, 6.07) is 0.141. The van der Waals surface area contributed by atoms with Crippen molar-refractivity contribution in [2.24, 2.45) is 0 Å². The van der Waals surface area contributed by atoms with Crippen LogP contribution in [0.25, 0.3) is 0 Å². The van der Waals surface area contributed by atoms with Crippen molar-refractivity contribution in [3.63, 3.8) is 0 Å². The molecule has 1 aliphatic rings. The Bertz CT molecular complexity index is 443. The van der Waals surface area contributed by atoms with E-state index in [0.717, 1.165) is 23.5 Å². The number of aromatic nitrogens is 1. The molecule has 1 aromatic heterocycles. The summed E-state index contributed by atoms with van der Waals surface area (Å²) in [6.45, 7) is 3.75. The molecule has 1 aliphatic carbocycles. The Morgan fingerprint density at radius 3 is 2.53 bits per heavy atom. The van der Waals surface area contributed by atoms with Crippen LogP contribution in [-0.4, -0.2) is 22.7 Å². The lowest BCUT2D eigenvalue weighted by molar-refractivity contribution is -0.120. The Labute approximate surface area is 104 Å². The Morgan fingerprint density at radius 1 is 1.35 bits per heavy atom. The minimum atomic E-state index is -0.0487. The fourth-order valence-corrected chi connectivity index (χ4v) is 2.90. The third-order valence-electron chi connectivity index (χ3n) is 2.99. The normalized spacial score (nSPS) is 17.2. The van der Waals surface area contributed by atoms with Gasteiger partial charge in [-0.25, -0.2) is 4.98 Å². The van der Waals surface area contributed by atoms with Crippen LogP contribution in [0.4, 0.5) is 0 Å². The molecule has 0 unspecified atom stereocenters. The summed E-state index contributed by atoms with van der Waals surface area (Å²) in [6.07, 6.45) is 2.71. The van der Waals surface area contributed by atoms with Gasteiger partial charge < -0.3 is 5.32 Å². The molecule has 1 saturated carbocycles. The third-order valence-corrected chi connectivity index (χ3v) is 4.06. The van der Waals surface area contributed by atoms with Crippen molar-refractivity contribution in [1.82, 2.24) is 10.3 Å². The van der Waals surface area contributed by atoms with Crippen molar-refractivity contribution in [2.45, 2.75) is 45.6 Å². The molecule has 1 fully saturated rings. The van der Waals surface area contributed by atoms with Crippen LogP contribution in [-0.2, 0) is 4.79 Å². The van der Waals surface area contributed by atoms with Crippen LogP contribution >= 0.6 is 11.3 Å². The molecular formula is C12H16N2O2S. The van der Waals surface area contributed by atoms with E-state index in [9.17, 15) is 9.59 Å². The van der Waals surface area contributed by atoms with Crippen molar-refractivity contribution >= 4 is 23.0 Å². The van der Waals surface area contributed by atoms with Gasteiger partial charge in [-0.1, -0.05) is 0 Å². The minimum absolute atomic E-state index is 0.0487. The van der Waals surface area contributed by atoms with E-state index in [4.69, 9.17) is 0 Å². The summed E-state index contributed by atoms with van der Waals surface area (Å²) in [5.41, 5.74) is 0.789. The number of thiazole rings is 1. The van der Waals surface area contributed by atoms with Gasteiger partial charge in [0, 0.05) is 18.9 Å². The van der Waals surface area contributed by atoms with E-state index in [1.807, 2.05) is 13.8 Å². The van der Waals surface area contributed by atoms with Gasteiger partial charge in [-0.3, -0.25) is 9.59 Å². The first-order valence-electron chi connectivity index (χ1n) is 5.83. The van der Waals surface area contributed by atoms with Gasteiger partial charge in [0.2, 0.25) is 0 Å². The summed E-state index contributed by atoms with van der Waals surface area (Å²) in [7, 11) is 0. The van der Waals surface area contributed by atoms with Gasteiger partial charge in [0.15, 0.2) is 0 Å². The van der Waals surface area contributed by atoms with Gasteiger partial charge in [0.1, 0.15) is 10.7 Å². The molecule has 0 spiro atoms. The first kappa shape index (κ1) is 12.2. The van der Waals surface area contributed by atoms with Crippen molar-refractivity contribution in [3.8, 4) is 0 Å². The number of Topliss-reactive ketones (excluding diaryl/α,β-unsaturated/α-hetero) is 1. The second-order valence-electron chi connectivity index (χ2n) is 4.43. The van der Waals surface area contributed by atoms with E-state index in [1.165, 1.54) is 11.3 Å². The Morgan fingerprint density at radius 2 is 2.00 bits per heavy atom. The highest BCUT2D eigenvalue weighted by molar-refractivity contribution is 7.13. The number of amides is 1. The molecule has 2 rings (SSSR count). The average molecular weight is 252 g/mol. The quantitative estimate of drug-likeness (QED) is 0.875. The van der Waals surface area contributed by atoms with E-state index < -0.39 is 0 Å². The average Bonchev–Trinajstić information content (AvgIpc) is 2.61. The largest absolute Gasteiger partial charge is 0.349 e. The molecule has 1 heterocycles. The molecule has 0 radical (unpaired) electrons. The monoisotopic (exact) mass is 252 g/mol. The number of rotatable bonds is 2. The van der Waals surface area contributed by atoms with Crippen molar-refractivity contribution < 1.29 is 9.59 Å². The molecule has 4 nitrogen and oxygen atoms in total. The highest BCUT2D eigenvalue weighted by atomic mass is 32.1. The van der Waals surface area contributed by atoms with Crippen molar-refractivity contribution in [2.75, 3.05) is 0 Å². The molecule has 0 saturated heterocycles. The highest BCUT2D eigenvalue weighted by Gasteiger charge is 2.22. The summed E-state index contributed by atoms with van der Waals surface area (Å²) in [5.74, 6) is 0.257. The van der Waals surface area contributed by atoms with Gasteiger partial charge >= 0.3 is 0 Å². The molecule has 0 bridgehead atoms. The fourth-order valence-electron chi connectivity index (χ4n) is 2.08. The van der Waals surface area contributed by atoms with Gasteiger partial charge in [-0.2, -0.15) is 0 Å². The molecule has 0 aromatic carbocycles. The number of nitrogens with one attached hydrogen (secondary N) is 1. The van der Waals surface area contributed by atoms with Crippen LogP contribution in [0.1, 0.15) is 46.1 Å². The lowest BCUT2D eigenvalue weighted by Crippen LogP contribution is -2.37. The van der Waals surface area contributed by atoms with Gasteiger partial charge in [0.25, 0.3) is 5.91 Å². The van der Waals surface area contributed by atoms with Crippen LogP contribution < -0.4 is 5.32 Å². The number of aryl methyl sites for hydroxylation is 2. The molecule has 17 heavy (non-hydrogen) atoms. The predicted molar refractivity (Wildman–Crippen MR) is 66.3 cm³/mol. The third kappa shape index (κ3) is 2.91. The van der Waals surface area contributed by atoms with Crippen LogP contribution in [0.2, 0.25) is 0 Å². The molecular weight excluding hydrogens is 236 g/mol. The first-order chi connectivity index (χ1) is 8.06. The Balaban J connectivity index is 1.97. The van der Waals surface area contributed by atoms with Crippen molar-refractivity contribution in [1.29, 1.82) is 0 Å². The smallest absolute Gasteiger partial charge is 0.263 e. The van der Waals surface area contributed by atoms with E-state index in [1.54, 1.807) is 0 Å². The van der Waals surface area contributed by atoms with E-state index in [0.29, 0.717) is 23.5 Å². The lowest BCUT2D eigenvalue weighted by atomic mass is 9.94. The maximum Gasteiger partial charge on any atom is 0.263 e. The molecule has 5 heteroatoms. The zero-order valence-corrected chi connectivity index (χ0v) is 10.9. The molecule has 1 N–H and O–H groups in total. The number of carbonyl (C=O) groups excluding carboxylic acids is 2. The Hall–Kier alpha value is -1.23. The SMILES string of the molecule is Cc1nc(C)c(C(=O)NC2CCC(=O)CC2)s1. The summed E-state index contributed by atoms with van der Waals surface area (Å²) >= 11 is 1.42. The topological polar surface area (TPSA) is 59.1 Å². The fraction of sp³-hybridized carbons (Fsp3) is 0.583. The maximum absolute atomic E-state index is 12.0. The van der Waals surface area contributed by atoms with Gasteiger partial charge in [-0.15, -0.1) is 11.3 Å². The number of ketones is 1. The molecule has 0 aliphatic heterocycles. The molecule has 1 amide bonds.